The van der Waals surface area contributed by atoms with Crippen LogP contribution in [0.25, 0.3) is 0 Å². The normalized spacial score (nSPS) is 10.4. The summed E-state index contributed by atoms with van der Waals surface area (Å²) in [7, 11) is 2.92. The number of nitrogens with zero attached hydrogens (tertiary/aromatic N) is 6. The zero-order valence-electron chi connectivity index (χ0n) is 15.6. The van der Waals surface area contributed by atoms with Crippen molar-refractivity contribution in [2.75, 3.05) is 25.7 Å². The van der Waals surface area contributed by atoms with E-state index < -0.39 is 0 Å². The average Bonchev–Trinajstić information content (AvgIpc) is 2.75. The Kier molecular flexibility index (Phi) is 6.33. The van der Waals surface area contributed by atoms with Gasteiger partial charge in [-0.1, -0.05) is 0 Å². The maximum atomic E-state index is 12.8. The van der Waals surface area contributed by atoms with Crippen LogP contribution < -0.4 is 14.4 Å². The van der Waals surface area contributed by atoms with Gasteiger partial charge >= 0.3 is 12.0 Å². The van der Waals surface area contributed by atoms with Gasteiger partial charge in [0.25, 0.3) is 5.91 Å². The first kappa shape index (κ1) is 19.5. The minimum Gasteiger partial charge on any atom is -0.467 e. The quantitative estimate of drug-likeness (QED) is 0.594. The minimum absolute atomic E-state index is 0.149. The Morgan fingerprint density at radius 1 is 1.07 bits per heavy atom. The fourth-order valence-corrected chi connectivity index (χ4v) is 3.00. The fraction of sp³-hybridized carbons (Fsp3) is 0.222. The summed E-state index contributed by atoms with van der Waals surface area (Å²) in [6.45, 7) is 2.43. The van der Waals surface area contributed by atoms with E-state index in [4.69, 9.17) is 9.47 Å². The fourth-order valence-electron chi connectivity index (χ4n) is 2.32. The molecule has 10 heteroatoms. The van der Waals surface area contributed by atoms with Gasteiger partial charge in [0, 0.05) is 18.9 Å². The number of amides is 1. The molecular formula is C18H18N6O3S. The Hall–Kier alpha value is -3.27. The number of carbonyl (C=O) groups excluding carboxylic acids is 1. The first-order valence-electron chi connectivity index (χ1n) is 8.34. The zero-order valence-corrected chi connectivity index (χ0v) is 16.4. The molecule has 0 aromatic carbocycles. The highest BCUT2D eigenvalue weighted by Crippen LogP contribution is 2.25. The van der Waals surface area contributed by atoms with Crippen LogP contribution in [0.2, 0.25) is 0 Å². The van der Waals surface area contributed by atoms with E-state index in [2.05, 4.69) is 24.9 Å². The van der Waals surface area contributed by atoms with Gasteiger partial charge in [0.2, 0.25) is 5.16 Å². The molecule has 0 N–H and O–H groups in total. The lowest BCUT2D eigenvalue weighted by Gasteiger charge is -2.20. The van der Waals surface area contributed by atoms with Crippen molar-refractivity contribution in [1.82, 2.24) is 24.9 Å². The summed E-state index contributed by atoms with van der Waals surface area (Å²) in [4.78, 5) is 35.1. The average molecular weight is 398 g/mol. The second-order valence-electron chi connectivity index (χ2n) is 5.34. The van der Waals surface area contributed by atoms with Crippen LogP contribution in [0.4, 0.5) is 5.69 Å². The molecule has 3 aromatic rings. The van der Waals surface area contributed by atoms with E-state index in [0.717, 1.165) is 5.69 Å². The highest BCUT2D eigenvalue weighted by molar-refractivity contribution is 7.99. The van der Waals surface area contributed by atoms with Gasteiger partial charge in [-0.2, -0.15) is 9.97 Å². The summed E-state index contributed by atoms with van der Waals surface area (Å²) in [5.74, 6) is -0.150. The van der Waals surface area contributed by atoms with Gasteiger partial charge < -0.3 is 14.4 Å². The molecule has 0 saturated heterocycles. The van der Waals surface area contributed by atoms with Crippen LogP contribution in [0.5, 0.6) is 12.0 Å². The van der Waals surface area contributed by atoms with Crippen LogP contribution in [0, 0.1) is 0 Å². The van der Waals surface area contributed by atoms with Crippen molar-refractivity contribution in [3.63, 3.8) is 0 Å². The topological polar surface area (TPSA) is 103 Å². The van der Waals surface area contributed by atoms with E-state index in [9.17, 15) is 4.79 Å². The van der Waals surface area contributed by atoms with Gasteiger partial charge in [0.05, 0.1) is 31.7 Å². The third-order valence-corrected chi connectivity index (χ3v) is 4.45. The highest BCUT2D eigenvalue weighted by Gasteiger charge is 2.17. The summed E-state index contributed by atoms with van der Waals surface area (Å²) < 4.78 is 10.1. The zero-order chi connectivity index (χ0) is 19.9. The van der Waals surface area contributed by atoms with Crippen LogP contribution >= 0.6 is 11.8 Å². The molecule has 0 fully saturated rings. The van der Waals surface area contributed by atoms with Gasteiger partial charge in [-0.05, 0) is 43.0 Å². The molecule has 28 heavy (non-hydrogen) atoms. The van der Waals surface area contributed by atoms with Crippen molar-refractivity contribution < 1.29 is 14.3 Å². The van der Waals surface area contributed by atoms with Crippen molar-refractivity contribution in [1.29, 1.82) is 0 Å². The number of rotatable bonds is 7. The largest absolute Gasteiger partial charge is 0.467 e. The number of hydrogen-bond donors (Lipinski definition) is 0. The maximum absolute atomic E-state index is 12.8. The van der Waals surface area contributed by atoms with Gasteiger partial charge in [-0.25, -0.2) is 4.98 Å². The number of methoxy groups -OCH3 is 2. The number of aromatic nitrogens is 5. The van der Waals surface area contributed by atoms with Crippen molar-refractivity contribution in [2.45, 2.75) is 17.1 Å². The van der Waals surface area contributed by atoms with Crippen molar-refractivity contribution in [3.8, 4) is 12.0 Å². The molecular weight excluding hydrogens is 380 g/mol. The summed E-state index contributed by atoms with van der Waals surface area (Å²) in [6.07, 6.45) is 4.85. The first-order chi connectivity index (χ1) is 13.6. The highest BCUT2D eigenvalue weighted by atomic mass is 32.2. The van der Waals surface area contributed by atoms with Gasteiger partial charge in [0.15, 0.2) is 0 Å². The molecule has 9 nitrogen and oxygen atoms in total. The second kappa shape index (κ2) is 9.09. The van der Waals surface area contributed by atoms with E-state index >= 15 is 0 Å². The molecule has 0 spiro atoms. The molecule has 3 aromatic heterocycles. The molecule has 0 bridgehead atoms. The molecule has 0 saturated carbocycles. The lowest BCUT2D eigenvalue weighted by atomic mass is 10.2. The Labute approximate surface area is 166 Å². The van der Waals surface area contributed by atoms with Gasteiger partial charge in [-0.15, -0.1) is 4.98 Å². The summed E-state index contributed by atoms with van der Waals surface area (Å²) >= 11 is 1.21. The van der Waals surface area contributed by atoms with E-state index in [1.165, 1.54) is 32.2 Å². The van der Waals surface area contributed by atoms with E-state index in [0.29, 0.717) is 22.3 Å². The van der Waals surface area contributed by atoms with E-state index in [1.54, 1.807) is 35.5 Å². The van der Waals surface area contributed by atoms with Crippen LogP contribution in [0.15, 0.2) is 53.0 Å². The molecule has 0 aliphatic heterocycles. The van der Waals surface area contributed by atoms with Crippen LogP contribution in [-0.2, 0) is 0 Å². The van der Waals surface area contributed by atoms with Crippen molar-refractivity contribution in [3.05, 3.63) is 48.4 Å². The molecule has 0 atom stereocenters. The van der Waals surface area contributed by atoms with Gasteiger partial charge in [-0.3, -0.25) is 9.78 Å². The van der Waals surface area contributed by atoms with E-state index in [1.807, 2.05) is 13.0 Å². The van der Waals surface area contributed by atoms with E-state index in [-0.39, 0.29) is 17.9 Å². The molecule has 0 radical (unpaired) electrons. The molecule has 144 valence electrons. The predicted molar refractivity (Wildman–Crippen MR) is 103 cm³/mol. The summed E-state index contributed by atoms with van der Waals surface area (Å²) in [5, 5.41) is 0.997. The number of carbonyl (C=O) groups is 1. The number of anilines is 1. The number of hydrogen-bond acceptors (Lipinski definition) is 9. The van der Waals surface area contributed by atoms with Crippen LogP contribution in [-0.4, -0.2) is 51.6 Å². The van der Waals surface area contributed by atoms with Crippen molar-refractivity contribution >= 4 is 23.4 Å². The Bertz CT molecular complexity index is 918. The Morgan fingerprint density at radius 2 is 1.82 bits per heavy atom. The number of pyridine rings is 2. The lowest BCUT2D eigenvalue weighted by molar-refractivity contribution is 0.0988. The third-order valence-electron chi connectivity index (χ3n) is 3.64. The van der Waals surface area contributed by atoms with Crippen molar-refractivity contribution in [2.24, 2.45) is 0 Å². The SMILES string of the molecule is CCN(C(=O)c1ccc(Sc2nc(OC)nc(OC)n2)nc1)c1cccnc1. The van der Waals surface area contributed by atoms with Crippen LogP contribution in [0.3, 0.4) is 0 Å². The molecule has 3 heterocycles. The Morgan fingerprint density at radius 3 is 2.36 bits per heavy atom. The summed E-state index contributed by atoms with van der Waals surface area (Å²) in [6, 6.07) is 7.38. The third kappa shape index (κ3) is 4.52. The second-order valence-corrected chi connectivity index (χ2v) is 6.33. The maximum Gasteiger partial charge on any atom is 0.323 e. The monoisotopic (exact) mass is 398 g/mol. The predicted octanol–water partition coefficient (Wildman–Crippen LogP) is 2.50. The molecule has 3 rings (SSSR count). The summed E-state index contributed by atoms with van der Waals surface area (Å²) in [5.41, 5.74) is 1.21. The van der Waals surface area contributed by atoms with Gasteiger partial charge in [0.1, 0.15) is 5.03 Å². The Balaban J connectivity index is 1.77. The molecule has 0 unspecified atom stereocenters. The lowest BCUT2D eigenvalue weighted by Crippen LogP contribution is -2.30. The smallest absolute Gasteiger partial charge is 0.323 e. The molecule has 1 amide bonds. The number of ether oxygens (including phenoxy) is 2. The molecule has 0 aliphatic rings. The first-order valence-corrected chi connectivity index (χ1v) is 9.16. The minimum atomic E-state index is -0.150. The standard InChI is InChI=1S/C18H18N6O3S/c1-4-24(13-6-5-9-19-11-13)15(25)12-7-8-14(20-10-12)28-18-22-16(26-2)21-17(23-18)27-3/h5-11H,4H2,1-3H3. The van der Waals surface area contributed by atoms with Crippen LogP contribution in [0.1, 0.15) is 17.3 Å². The molecule has 0 aliphatic carbocycles.